The van der Waals surface area contributed by atoms with E-state index in [4.69, 9.17) is 11.6 Å². The van der Waals surface area contributed by atoms with Gasteiger partial charge in [-0.25, -0.2) is 5.43 Å². The minimum atomic E-state index is -0.538. The van der Waals surface area contributed by atoms with Crippen molar-refractivity contribution in [2.75, 3.05) is 0 Å². The van der Waals surface area contributed by atoms with Gasteiger partial charge in [-0.2, -0.15) is 5.10 Å². The van der Waals surface area contributed by atoms with Crippen LogP contribution in [-0.4, -0.2) is 22.3 Å². The number of hydrogen-bond donors (Lipinski definition) is 3. The lowest BCUT2D eigenvalue weighted by Gasteiger charge is -2.06. The molecular weight excluding hydrogens is 408 g/mol. The number of halogens is 2. The molecule has 25 heavy (non-hydrogen) atoms. The summed E-state index contributed by atoms with van der Waals surface area (Å²) in [6.45, 7) is 0. The van der Waals surface area contributed by atoms with Crippen LogP contribution >= 0.6 is 27.5 Å². The maximum Gasteiger partial charge on any atom is 0.275 e. The maximum absolute atomic E-state index is 12.2. The van der Waals surface area contributed by atoms with E-state index in [9.17, 15) is 15.0 Å². The fourth-order valence-electron chi connectivity index (χ4n) is 2.30. The molecule has 3 rings (SSSR count). The average Bonchev–Trinajstić information content (AvgIpc) is 2.58. The topological polar surface area (TPSA) is 81.9 Å². The number of phenolic OH excluding ortho intramolecular Hbond substituents is 2. The summed E-state index contributed by atoms with van der Waals surface area (Å²) in [5, 5.41) is 25.3. The summed E-state index contributed by atoms with van der Waals surface area (Å²) in [4.78, 5) is 12.2. The monoisotopic (exact) mass is 418 g/mol. The third kappa shape index (κ3) is 3.75. The maximum atomic E-state index is 12.2. The lowest BCUT2D eigenvalue weighted by atomic mass is 10.1. The molecule has 0 radical (unpaired) electrons. The van der Waals surface area contributed by atoms with E-state index < -0.39 is 5.91 Å². The number of aromatic hydroxyl groups is 2. The Morgan fingerprint density at radius 1 is 1.12 bits per heavy atom. The largest absolute Gasteiger partial charge is 0.507 e. The van der Waals surface area contributed by atoms with Crippen molar-refractivity contribution in [1.29, 1.82) is 0 Å². The molecule has 0 fully saturated rings. The van der Waals surface area contributed by atoms with E-state index in [1.54, 1.807) is 12.1 Å². The summed E-state index contributed by atoms with van der Waals surface area (Å²) in [6.07, 6.45) is 1.38. The fraction of sp³-hybridized carbons (Fsp3) is 0. The third-order valence-corrected chi connectivity index (χ3v) is 4.42. The van der Waals surface area contributed by atoms with Gasteiger partial charge in [-0.15, -0.1) is 0 Å². The van der Waals surface area contributed by atoms with E-state index in [2.05, 4.69) is 26.5 Å². The van der Waals surface area contributed by atoms with E-state index in [1.807, 2.05) is 24.3 Å². The molecule has 3 N–H and O–H groups in total. The molecule has 0 aromatic heterocycles. The van der Waals surface area contributed by atoms with Gasteiger partial charge < -0.3 is 10.2 Å². The smallest absolute Gasteiger partial charge is 0.275 e. The molecule has 3 aromatic rings. The van der Waals surface area contributed by atoms with E-state index in [0.29, 0.717) is 10.0 Å². The lowest BCUT2D eigenvalue weighted by molar-refractivity contribution is 0.0952. The highest BCUT2D eigenvalue weighted by Gasteiger charge is 2.12. The number of benzene rings is 3. The Bertz CT molecular complexity index is 982. The molecule has 0 unspecified atom stereocenters. The second-order valence-electron chi connectivity index (χ2n) is 5.25. The second-order valence-corrected chi connectivity index (χ2v) is 6.51. The number of amides is 1. The average molecular weight is 420 g/mol. The highest BCUT2D eigenvalue weighted by Crippen LogP contribution is 2.32. The molecule has 0 saturated heterocycles. The van der Waals surface area contributed by atoms with Crippen molar-refractivity contribution in [2.24, 2.45) is 5.10 Å². The summed E-state index contributed by atoms with van der Waals surface area (Å²) in [5.74, 6) is -0.728. The molecule has 126 valence electrons. The van der Waals surface area contributed by atoms with Crippen molar-refractivity contribution in [3.05, 3.63) is 69.2 Å². The van der Waals surface area contributed by atoms with E-state index in [0.717, 1.165) is 10.8 Å². The first-order chi connectivity index (χ1) is 12.0. The Labute approximate surface area is 156 Å². The highest BCUT2D eigenvalue weighted by molar-refractivity contribution is 9.10. The Kier molecular flexibility index (Phi) is 4.92. The summed E-state index contributed by atoms with van der Waals surface area (Å²) < 4.78 is 0.417. The van der Waals surface area contributed by atoms with Crippen LogP contribution in [0.5, 0.6) is 11.5 Å². The van der Waals surface area contributed by atoms with E-state index in [1.165, 1.54) is 18.3 Å². The van der Waals surface area contributed by atoms with Crippen LogP contribution in [0.1, 0.15) is 15.9 Å². The second kappa shape index (κ2) is 7.13. The lowest BCUT2D eigenvalue weighted by Crippen LogP contribution is -2.17. The van der Waals surface area contributed by atoms with Gasteiger partial charge in [0.25, 0.3) is 5.91 Å². The predicted molar refractivity (Wildman–Crippen MR) is 101 cm³/mol. The first-order valence-electron chi connectivity index (χ1n) is 7.19. The molecule has 0 aliphatic rings. The van der Waals surface area contributed by atoms with Gasteiger partial charge >= 0.3 is 0 Å². The van der Waals surface area contributed by atoms with Crippen LogP contribution in [0.2, 0.25) is 5.02 Å². The van der Waals surface area contributed by atoms with Crippen LogP contribution < -0.4 is 5.43 Å². The Morgan fingerprint density at radius 3 is 2.48 bits per heavy atom. The Hall–Kier alpha value is -2.57. The van der Waals surface area contributed by atoms with Gasteiger partial charge in [-0.1, -0.05) is 35.9 Å². The van der Waals surface area contributed by atoms with E-state index >= 15 is 0 Å². The summed E-state index contributed by atoms with van der Waals surface area (Å²) in [6, 6.07) is 13.6. The number of rotatable bonds is 3. The van der Waals surface area contributed by atoms with Gasteiger partial charge in [0.2, 0.25) is 0 Å². The molecule has 0 bridgehead atoms. The van der Waals surface area contributed by atoms with Crippen LogP contribution in [0, 0.1) is 0 Å². The molecule has 0 saturated carbocycles. The van der Waals surface area contributed by atoms with Crippen molar-refractivity contribution in [3.8, 4) is 11.5 Å². The van der Waals surface area contributed by atoms with Crippen LogP contribution in [-0.2, 0) is 0 Å². The number of hydrogen-bond acceptors (Lipinski definition) is 4. The standard InChI is InChI=1S/C18H12BrClN2O3/c19-14-5-10(6-15(20)17(14)24)9-21-22-18(25)13-7-11-3-1-2-4-12(11)8-16(13)23/h1-9,23-24H,(H,22,25). The fourth-order valence-corrected chi connectivity index (χ4v) is 3.12. The quantitative estimate of drug-likeness (QED) is 0.434. The zero-order valence-electron chi connectivity index (χ0n) is 12.7. The molecule has 0 spiro atoms. The Balaban J connectivity index is 1.80. The van der Waals surface area contributed by atoms with Gasteiger partial charge in [0.1, 0.15) is 11.5 Å². The van der Waals surface area contributed by atoms with Gasteiger partial charge in [-0.3, -0.25) is 4.79 Å². The van der Waals surface area contributed by atoms with Crippen LogP contribution in [0.25, 0.3) is 10.8 Å². The SMILES string of the molecule is O=C(NN=Cc1cc(Cl)c(O)c(Br)c1)c1cc2ccccc2cc1O. The first-order valence-corrected chi connectivity index (χ1v) is 8.36. The number of nitrogens with zero attached hydrogens (tertiary/aromatic N) is 1. The van der Waals surface area contributed by atoms with E-state index in [-0.39, 0.29) is 22.1 Å². The predicted octanol–water partition coefficient (Wildman–Crippen LogP) is 4.43. The normalized spacial score (nSPS) is 11.1. The third-order valence-electron chi connectivity index (χ3n) is 3.53. The molecule has 0 atom stereocenters. The Morgan fingerprint density at radius 2 is 1.80 bits per heavy atom. The minimum absolute atomic E-state index is 0.0658. The van der Waals surface area contributed by atoms with Crippen molar-refractivity contribution in [2.45, 2.75) is 0 Å². The van der Waals surface area contributed by atoms with Crippen LogP contribution in [0.4, 0.5) is 0 Å². The number of phenols is 2. The number of carbonyl (C=O) groups excluding carboxylic acids is 1. The zero-order valence-corrected chi connectivity index (χ0v) is 15.0. The number of hydrazone groups is 1. The molecular formula is C18H12BrClN2O3. The van der Waals surface area contributed by atoms with Crippen molar-refractivity contribution in [3.63, 3.8) is 0 Å². The number of fused-ring (bicyclic) bond motifs is 1. The summed E-state index contributed by atoms with van der Waals surface area (Å²) in [5.41, 5.74) is 3.06. The molecule has 0 heterocycles. The number of carbonyl (C=O) groups is 1. The zero-order chi connectivity index (χ0) is 18.0. The molecule has 7 heteroatoms. The number of nitrogens with one attached hydrogen (secondary N) is 1. The van der Waals surface area contributed by atoms with Crippen molar-refractivity contribution >= 4 is 50.4 Å². The molecule has 5 nitrogen and oxygen atoms in total. The minimum Gasteiger partial charge on any atom is -0.507 e. The first kappa shape index (κ1) is 17.3. The molecule has 0 aliphatic heterocycles. The van der Waals surface area contributed by atoms with Crippen LogP contribution in [0.3, 0.4) is 0 Å². The highest BCUT2D eigenvalue weighted by atomic mass is 79.9. The molecule has 3 aromatic carbocycles. The van der Waals surface area contributed by atoms with Crippen LogP contribution in [0.15, 0.2) is 58.1 Å². The molecule has 1 amide bonds. The summed E-state index contributed by atoms with van der Waals surface area (Å²) >= 11 is 9.04. The van der Waals surface area contributed by atoms with Crippen molar-refractivity contribution in [1.82, 2.24) is 5.43 Å². The van der Waals surface area contributed by atoms with Gasteiger partial charge in [0, 0.05) is 0 Å². The molecule has 0 aliphatic carbocycles. The van der Waals surface area contributed by atoms with Crippen molar-refractivity contribution < 1.29 is 15.0 Å². The van der Waals surface area contributed by atoms with Gasteiger partial charge in [0.05, 0.1) is 21.3 Å². The van der Waals surface area contributed by atoms with Gasteiger partial charge in [-0.05, 0) is 56.5 Å². The summed E-state index contributed by atoms with van der Waals surface area (Å²) in [7, 11) is 0. The van der Waals surface area contributed by atoms with Gasteiger partial charge in [0.15, 0.2) is 0 Å².